The van der Waals surface area contributed by atoms with Crippen molar-refractivity contribution in [3.63, 3.8) is 0 Å². The Balaban J connectivity index is 2.01. The van der Waals surface area contributed by atoms with Crippen LogP contribution < -0.4 is 5.32 Å². The maximum absolute atomic E-state index is 14.4. The molecule has 2 aliphatic rings. The monoisotopic (exact) mass is 365 g/mol. The van der Waals surface area contributed by atoms with E-state index in [0.29, 0.717) is 18.4 Å². The number of carboxylic acid groups (broad SMARTS) is 1. The van der Waals surface area contributed by atoms with Crippen LogP contribution in [0.1, 0.15) is 6.42 Å². The van der Waals surface area contributed by atoms with Gasteiger partial charge in [-0.2, -0.15) is 0 Å². The van der Waals surface area contributed by atoms with E-state index in [9.17, 15) is 22.7 Å². The zero-order valence-corrected chi connectivity index (χ0v) is 14.0. The lowest BCUT2D eigenvalue weighted by Crippen LogP contribution is -2.57. The van der Waals surface area contributed by atoms with Crippen molar-refractivity contribution in [2.45, 2.75) is 16.2 Å². The largest absolute Gasteiger partial charge is 0.465 e. The van der Waals surface area contributed by atoms with Gasteiger partial charge in [0.1, 0.15) is 0 Å². The fraction of sp³-hybridized carbons (Fsp3) is 0.375. The number of likely N-dealkylation sites (tertiary alicyclic amines) is 1. The SMILES string of the molecule is O=C(O)N1CCC2CNCC21S(=O)(=O)c1cccc2cncc(F)c12. The van der Waals surface area contributed by atoms with E-state index in [1.807, 2.05) is 0 Å². The normalized spacial score (nSPS) is 26.1. The number of carbonyl (C=O) groups is 1. The highest BCUT2D eigenvalue weighted by Crippen LogP contribution is 2.46. The molecule has 4 rings (SSSR count). The summed E-state index contributed by atoms with van der Waals surface area (Å²) in [6.45, 7) is 0.558. The molecule has 1 aromatic carbocycles. The predicted molar refractivity (Wildman–Crippen MR) is 87.3 cm³/mol. The first-order valence-corrected chi connectivity index (χ1v) is 9.36. The molecule has 1 aromatic heterocycles. The summed E-state index contributed by atoms with van der Waals surface area (Å²) in [7, 11) is -4.17. The van der Waals surface area contributed by atoms with Crippen molar-refractivity contribution in [2.24, 2.45) is 5.92 Å². The molecule has 2 aromatic rings. The summed E-state index contributed by atoms with van der Waals surface area (Å²) in [6.07, 6.45) is 1.53. The molecule has 2 unspecified atom stereocenters. The van der Waals surface area contributed by atoms with Crippen LogP contribution in [0.5, 0.6) is 0 Å². The molecule has 2 N–H and O–H groups in total. The highest BCUT2D eigenvalue weighted by Gasteiger charge is 2.62. The van der Waals surface area contributed by atoms with E-state index in [2.05, 4.69) is 10.3 Å². The first-order chi connectivity index (χ1) is 11.9. The first-order valence-electron chi connectivity index (χ1n) is 7.88. The van der Waals surface area contributed by atoms with Crippen LogP contribution in [0.25, 0.3) is 10.8 Å². The lowest BCUT2D eigenvalue weighted by molar-refractivity contribution is 0.129. The molecule has 0 aliphatic carbocycles. The van der Waals surface area contributed by atoms with Crippen LogP contribution in [0, 0.1) is 11.7 Å². The third-order valence-electron chi connectivity index (χ3n) is 5.25. The number of nitrogens with zero attached hydrogens (tertiary/aromatic N) is 2. The van der Waals surface area contributed by atoms with Gasteiger partial charge in [0.15, 0.2) is 10.7 Å². The van der Waals surface area contributed by atoms with Crippen LogP contribution in [0.4, 0.5) is 9.18 Å². The van der Waals surface area contributed by atoms with Gasteiger partial charge in [-0.15, -0.1) is 0 Å². The molecule has 2 atom stereocenters. The Hall–Kier alpha value is -2.26. The molecule has 7 nitrogen and oxygen atoms in total. The third kappa shape index (κ3) is 2.02. The molecule has 0 radical (unpaired) electrons. The fourth-order valence-corrected chi connectivity index (χ4v) is 6.65. The number of benzene rings is 1. The van der Waals surface area contributed by atoms with E-state index in [4.69, 9.17) is 0 Å². The number of hydrogen-bond acceptors (Lipinski definition) is 5. The summed E-state index contributed by atoms with van der Waals surface area (Å²) in [6, 6.07) is 4.43. The molecule has 2 fully saturated rings. The standard InChI is InChI=1S/C16H16FN3O4S/c17-12-8-18-6-10-2-1-3-13(14(10)12)25(23,24)16-9-19-7-11(16)4-5-20(16)15(21)22/h1-3,6,8,11,19H,4-5,7,9H2,(H,21,22). The van der Waals surface area contributed by atoms with Crippen LogP contribution in [0.2, 0.25) is 0 Å². The summed E-state index contributed by atoms with van der Waals surface area (Å²) < 4.78 is 41.6. The number of pyridine rings is 1. The van der Waals surface area contributed by atoms with Gasteiger partial charge in [-0.05, 0) is 12.5 Å². The Morgan fingerprint density at radius 2 is 2.20 bits per heavy atom. The topological polar surface area (TPSA) is 99.6 Å². The molecule has 0 saturated carbocycles. The highest BCUT2D eigenvalue weighted by molar-refractivity contribution is 7.93. The molecule has 1 amide bonds. The van der Waals surface area contributed by atoms with E-state index in [1.54, 1.807) is 6.07 Å². The van der Waals surface area contributed by atoms with Gasteiger partial charge >= 0.3 is 6.09 Å². The summed E-state index contributed by atoms with van der Waals surface area (Å²) in [5.41, 5.74) is 0. The smallest absolute Gasteiger partial charge is 0.408 e. The lowest BCUT2D eigenvalue weighted by Gasteiger charge is -2.35. The third-order valence-corrected chi connectivity index (χ3v) is 7.80. The quantitative estimate of drug-likeness (QED) is 0.836. The average molecular weight is 365 g/mol. The number of nitrogens with one attached hydrogen (secondary N) is 1. The molecule has 2 saturated heterocycles. The van der Waals surface area contributed by atoms with E-state index in [0.717, 1.165) is 11.1 Å². The predicted octanol–water partition coefficient (Wildman–Crippen LogP) is 1.45. The number of aromatic nitrogens is 1. The second kappa shape index (κ2) is 5.37. The van der Waals surface area contributed by atoms with Gasteiger partial charge in [-0.25, -0.2) is 17.6 Å². The Morgan fingerprint density at radius 1 is 1.40 bits per heavy atom. The summed E-state index contributed by atoms with van der Waals surface area (Å²) in [4.78, 5) is 14.7. The van der Waals surface area contributed by atoms with Crippen LogP contribution in [0.15, 0.2) is 35.5 Å². The van der Waals surface area contributed by atoms with Crippen molar-refractivity contribution in [1.29, 1.82) is 0 Å². The molecular weight excluding hydrogens is 349 g/mol. The van der Waals surface area contributed by atoms with Gasteiger partial charge < -0.3 is 10.4 Å². The van der Waals surface area contributed by atoms with Gasteiger partial charge in [0.05, 0.1) is 11.1 Å². The Morgan fingerprint density at radius 3 is 2.96 bits per heavy atom. The maximum atomic E-state index is 14.4. The molecular formula is C16H16FN3O4S. The van der Waals surface area contributed by atoms with Crippen molar-refractivity contribution < 1.29 is 22.7 Å². The van der Waals surface area contributed by atoms with Crippen LogP contribution >= 0.6 is 0 Å². The number of halogens is 1. The number of amides is 1. The minimum absolute atomic E-state index is 0.00457. The van der Waals surface area contributed by atoms with Gasteiger partial charge in [-0.1, -0.05) is 12.1 Å². The van der Waals surface area contributed by atoms with E-state index >= 15 is 0 Å². The Bertz CT molecular complexity index is 975. The lowest BCUT2D eigenvalue weighted by atomic mass is 10.0. The van der Waals surface area contributed by atoms with Crippen molar-refractivity contribution in [3.8, 4) is 0 Å². The first kappa shape index (κ1) is 16.2. The molecule has 25 heavy (non-hydrogen) atoms. The van der Waals surface area contributed by atoms with Gasteiger partial charge in [-0.3, -0.25) is 9.88 Å². The van der Waals surface area contributed by atoms with Crippen molar-refractivity contribution in [1.82, 2.24) is 15.2 Å². The molecule has 0 bridgehead atoms. The van der Waals surface area contributed by atoms with E-state index in [-0.39, 0.29) is 29.3 Å². The van der Waals surface area contributed by atoms with Gasteiger partial charge in [0.25, 0.3) is 0 Å². The van der Waals surface area contributed by atoms with Gasteiger partial charge in [0, 0.05) is 42.5 Å². The number of hydrogen-bond donors (Lipinski definition) is 2. The number of rotatable bonds is 2. The van der Waals surface area contributed by atoms with E-state index < -0.39 is 26.6 Å². The van der Waals surface area contributed by atoms with Crippen molar-refractivity contribution >= 4 is 26.7 Å². The molecule has 2 aliphatic heterocycles. The Labute approximate surface area is 143 Å². The van der Waals surface area contributed by atoms with E-state index in [1.165, 1.54) is 18.3 Å². The maximum Gasteiger partial charge on any atom is 0.408 e. The zero-order chi connectivity index (χ0) is 17.8. The molecule has 9 heteroatoms. The molecule has 3 heterocycles. The van der Waals surface area contributed by atoms with Crippen LogP contribution in [-0.2, 0) is 9.84 Å². The molecule has 0 spiro atoms. The summed E-state index contributed by atoms with van der Waals surface area (Å²) in [5, 5.41) is 12.9. The minimum atomic E-state index is -4.17. The average Bonchev–Trinajstić information content (AvgIpc) is 3.14. The minimum Gasteiger partial charge on any atom is -0.465 e. The second-order valence-corrected chi connectivity index (χ2v) is 8.53. The number of fused-ring (bicyclic) bond motifs is 2. The highest BCUT2D eigenvalue weighted by atomic mass is 32.2. The fourth-order valence-electron chi connectivity index (χ4n) is 4.14. The number of sulfone groups is 1. The second-order valence-electron chi connectivity index (χ2n) is 6.37. The summed E-state index contributed by atoms with van der Waals surface area (Å²) >= 11 is 0. The van der Waals surface area contributed by atoms with Crippen molar-refractivity contribution in [3.05, 3.63) is 36.4 Å². The van der Waals surface area contributed by atoms with Crippen molar-refractivity contribution in [2.75, 3.05) is 19.6 Å². The summed E-state index contributed by atoms with van der Waals surface area (Å²) in [5.74, 6) is -1.11. The Kier molecular flexibility index (Phi) is 3.48. The van der Waals surface area contributed by atoms with Crippen LogP contribution in [-0.4, -0.2) is 54.0 Å². The van der Waals surface area contributed by atoms with Gasteiger partial charge in [0.2, 0.25) is 9.84 Å². The molecule has 132 valence electrons. The zero-order valence-electron chi connectivity index (χ0n) is 13.1. The van der Waals surface area contributed by atoms with Crippen LogP contribution in [0.3, 0.4) is 0 Å².